The summed E-state index contributed by atoms with van der Waals surface area (Å²) in [6.45, 7) is 2.28. The fourth-order valence-electron chi connectivity index (χ4n) is 2.82. The van der Waals surface area contributed by atoms with Crippen LogP contribution in [0.3, 0.4) is 0 Å². The van der Waals surface area contributed by atoms with E-state index in [2.05, 4.69) is 5.32 Å². The molecule has 1 aliphatic rings. The lowest BCUT2D eigenvalue weighted by molar-refractivity contribution is -0.149. The molecule has 0 spiro atoms. The Balaban J connectivity index is 2.24. The van der Waals surface area contributed by atoms with E-state index in [0.29, 0.717) is 24.9 Å². The van der Waals surface area contributed by atoms with Crippen molar-refractivity contribution in [2.24, 2.45) is 0 Å². The van der Waals surface area contributed by atoms with Crippen LogP contribution in [0.1, 0.15) is 36.8 Å². The van der Waals surface area contributed by atoms with Crippen LogP contribution >= 0.6 is 0 Å². The van der Waals surface area contributed by atoms with E-state index >= 15 is 0 Å². The molecule has 2 rings (SSSR count). The first-order valence-corrected chi connectivity index (χ1v) is 6.77. The molecule has 6 heteroatoms. The molecule has 0 aliphatic carbocycles. The van der Waals surface area contributed by atoms with Gasteiger partial charge in [0.2, 0.25) is 0 Å². The summed E-state index contributed by atoms with van der Waals surface area (Å²) in [7, 11) is 1.31. The lowest BCUT2D eigenvalue weighted by Crippen LogP contribution is -2.54. The molecule has 0 amide bonds. The molecule has 0 saturated carbocycles. The highest BCUT2D eigenvalue weighted by atomic mass is 19.4. The van der Waals surface area contributed by atoms with Gasteiger partial charge in [0.15, 0.2) is 0 Å². The number of hydrogen-bond acceptors (Lipinski definition) is 3. The second kappa shape index (κ2) is 5.67. The Morgan fingerprint density at radius 2 is 2.14 bits per heavy atom. The minimum Gasteiger partial charge on any atom is -0.468 e. The molecular formula is C15H18F3NO2. The maximum Gasteiger partial charge on any atom is 0.416 e. The van der Waals surface area contributed by atoms with Crippen molar-refractivity contribution in [3.63, 3.8) is 0 Å². The SMILES string of the molecule is COC(=O)C1(C)CC(c2cccc(C(F)(F)F)c2)CCN1. The first-order chi connectivity index (χ1) is 9.76. The number of piperidine rings is 1. The van der Waals surface area contributed by atoms with Crippen LogP contribution in [0.4, 0.5) is 13.2 Å². The molecule has 0 bridgehead atoms. The Hall–Kier alpha value is -1.56. The number of ether oxygens (including phenoxy) is 1. The Bertz CT molecular complexity index is 530. The predicted octanol–water partition coefficient (Wildman–Crippen LogP) is 3.10. The molecule has 2 unspecified atom stereocenters. The maximum atomic E-state index is 12.8. The molecular weight excluding hydrogens is 283 g/mol. The van der Waals surface area contributed by atoms with Gasteiger partial charge in [0, 0.05) is 0 Å². The summed E-state index contributed by atoms with van der Waals surface area (Å²) in [5.74, 6) is -0.489. The fourth-order valence-corrected chi connectivity index (χ4v) is 2.82. The maximum absolute atomic E-state index is 12.8. The van der Waals surface area contributed by atoms with Gasteiger partial charge in [0.05, 0.1) is 12.7 Å². The third kappa shape index (κ3) is 3.37. The number of carbonyl (C=O) groups is 1. The molecule has 1 saturated heterocycles. The molecule has 1 fully saturated rings. The van der Waals surface area contributed by atoms with Crippen molar-refractivity contribution < 1.29 is 22.7 Å². The fraction of sp³-hybridized carbons (Fsp3) is 0.533. The summed E-state index contributed by atoms with van der Waals surface area (Å²) in [6.07, 6.45) is -3.25. The van der Waals surface area contributed by atoms with Crippen molar-refractivity contribution in [2.45, 2.75) is 37.4 Å². The number of esters is 1. The first-order valence-electron chi connectivity index (χ1n) is 6.77. The summed E-state index contributed by atoms with van der Waals surface area (Å²) in [6, 6.07) is 5.33. The average Bonchev–Trinajstić information content (AvgIpc) is 2.45. The zero-order valence-corrected chi connectivity index (χ0v) is 12.0. The summed E-state index contributed by atoms with van der Waals surface area (Å²) < 4.78 is 43.1. The third-order valence-corrected chi connectivity index (χ3v) is 3.98. The minimum absolute atomic E-state index is 0.0994. The molecule has 1 heterocycles. The molecule has 0 aromatic heterocycles. The van der Waals surface area contributed by atoms with Crippen LogP contribution in [0, 0.1) is 0 Å². The minimum atomic E-state index is -4.35. The van der Waals surface area contributed by atoms with E-state index in [1.807, 2.05) is 0 Å². The highest BCUT2D eigenvalue weighted by Gasteiger charge is 2.40. The van der Waals surface area contributed by atoms with Crippen LogP contribution in [-0.4, -0.2) is 25.2 Å². The van der Waals surface area contributed by atoms with Crippen LogP contribution in [-0.2, 0) is 15.7 Å². The van der Waals surface area contributed by atoms with Crippen LogP contribution in [0.5, 0.6) is 0 Å². The van der Waals surface area contributed by atoms with Gasteiger partial charge < -0.3 is 10.1 Å². The van der Waals surface area contributed by atoms with Gasteiger partial charge in [-0.15, -0.1) is 0 Å². The molecule has 0 radical (unpaired) electrons. The van der Waals surface area contributed by atoms with Crippen LogP contribution < -0.4 is 5.32 Å². The van der Waals surface area contributed by atoms with E-state index in [1.165, 1.54) is 19.2 Å². The largest absolute Gasteiger partial charge is 0.468 e. The second-order valence-corrected chi connectivity index (χ2v) is 5.56. The highest BCUT2D eigenvalue weighted by molar-refractivity contribution is 5.80. The molecule has 1 aliphatic heterocycles. The molecule has 116 valence electrons. The summed E-state index contributed by atoms with van der Waals surface area (Å²) in [5, 5.41) is 3.09. The normalized spacial score (nSPS) is 26.4. The number of methoxy groups -OCH3 is 1. The summed E-state index contributed by atoms with van der Waals surface area (Å²) in [4.78, 5) is 11.8. The lowest BCUT2D eigenvalue weighted by atomic mass is 9.79. The topological polar surface area (TPSA) is 38.3 Å². The van der Waals surface area contributed by atoms with E-state index in [9.17, 15) is 18.0 Å². The van der Waals surface area contributed by atoms with Crippen molar-refractivity contribution in [3.8, 4) is 0 Å². The number of hydrogen-bond donors (Lipinski definition) is 1. The van der Waals surface area contributed by atoms with E-state index in [-0.39, 0.29) is 11.9 Å². The number of benzene rings is 1. The predicted molar refractivity (Wildman–Crippen MR) is 71.8 cm³/mol. The Kier molecular flexibility index (Phi) is 4.27. The highest BCUT2D eigenvalue weighted by Crippen LogP contribution is 2.36. The van der Waals surface area contributed by atoms with E-state index in [0.717, 1.165) is 6.07 Å². The average molecular weight is 301 g/mol. The van der Waals surface area contributed by atoms with Gasteiger partial charge >= 0.3 is 12.1 Å². The molecule has 3 nitrogen and oxygen atoms in total. The van der Waals surface area contributed by atoms with Gasteiger partial charge in [0.25, 0.3) is 0 Å². The third-order valence-electron chi connectivity index (χ3n) is 3.98. The summed E-state index contributed by atoms with van der Waals surface area (Å²) in [5.41, 5.74) is -0.897. The molecule has 1 aromatic carbocycles. The van der Waals surface area contributed by atoms with Gasteiger partial charge in [-0.25, -0.2) is 0 Å². The molecule has 1 N–H and O–H groups in total. The van der Waals surface area contributed by atoms with Crippen LogP contribution in [0.25, 0.3) is 0 Å². The molecule has 2 atom stereocenters. The molecule has 1 aromatic rings. The summed E-state index contributed by atoms with van der Waals surface area (Å²) >= 11 is 0. The van der Waals surface area contributed by atoms with E-state index < -0.39 is 17.3 Å². The van der Waals surface area contributed by atoms with E-state index in [1.54, 1.807) is 13.0 Å². The first kappa shape index (κ1) is 15.8. The van der Waals surface area contributed by atoms with Crippen molar-refractivity contribution in [1.29, 1.82) is 0 Å². The van der Waals surface area contributed by atoms with Gasteiger partial charge in [-0.05, 0) is 43.9 Å². The van der Waals surface area contributed by atoms with Crippen molar-refractivity contribution in [1.82, 2.24) is 5.32 Å². The Morgan fingerprint density at radius 1 is 1.43 bits per heavy atom. The van der Waals surface area contributed by atoms with Gasteiger partial charge in [-0.2, -0.15) is 13.2 Å². The number of alkyl halides is 3. The number of nitrogens with one attached hydrogen (secondary N) is 1. The monoisotopic (exact) mass is 301 g/mol. The van der Waals surface area contributed by atoms with Crippen molar-refractivity contribution in [2.75, 3.05) is 13.7 Å². The van der Waals surface area contributed by atoms with Crippen molar-refractivity contribution >= 4 is 5.97 Å². The van der Waals surface area contributed by atoms with Gasteiger partial charge in [0.1, 0.15) is 5.54 Å². The quantitative estimate of drug-likeness (QED) is 0.853. The van der Waals surface area contributed by atoms with E-state index in [4.69, 9.17) is 4.74 Å². The smallest absolute Gasteiger partial charge is 0.416 e. The lowest BCUT2D eigenvalue weighted by Gasteiger charge is -2.37. The second-order valence-electron chi connectivity index (χ2n) is 5.56. The van der Waals surface area contributed by atoms with Crippen LogP contribution in [0.2, 0.25) is 0 Å². The Morgan fingerprint density at radius 3 is 2.76 bits per heavy atom. The standard InChI is InChI=1S/C15H18F3NO2/c1-14(13(20)21-2)9-11(6-7-19-14)10-4-3-5-12(8-10)15(16,17)18/h3-5,8,11,19H,6-7,9H2,1-2H3. The van der Waals surface area contributed by atoms with Crippen molar-refractivity contribution in [3.05, 3.63) is 35.4 Å². The van der Waals surface area contributed by atoms with Crippen LogP contribution in [0.15, 0.2) is 24.3 Å². The molecule has 21 heavy (non-hydrogen) atoms. The van der Waals surface area contributed by atoms with Gasteiger partial charge in [-0.3, -0.25) is 4.79 Å². The number of carbonyl (C=O) groups excluding carboxylic acids is 1. The zero-order chi connectivity index (χ0) is 15.7. The van der Waals surface area contributed by atoms with Gasteiger partial charge in [-0.1, -0.05) is 18.2 Å². The number of rotatable bonds is 2. The zero-order valence-electron chi connectivity index (χ0n) is 12.0. The Labute approximate surface area is 121 Å². The number of halogens is 3.